The van der Waals surface area contributed by atoms with Crippen LogP contribution < -0.4 is 0 Å². The third kappa shape index (κ3) is 3.53. The van der Waals surface area contributed by atoms with Crippen LogP contribution in [-0.4, -0.2) is 23.5 Å². The minimum absolute atomic E-state index is 0.0303. The zero-order valence-corrected chi connectivity index (χ0v) is 9.36. The monoisotopic (exact) mass is 224 g/mol. The summed E-state index contributed by atoms with van der Waals surface area (Å²) < 4.78 is 4.70. The van der Waals surface area contributed by atoms with Crippen LogP contribution in [-0.2, 0) is 14.3 Å². The molecule has 1 aliphatic rings. The van der Waals surface area contributed by atoms with Crippen molar-refractivity contribution >= 4 is 11.8 Å². The van der Waals surface area contributed by atoms with E-state index < -0.39 is 5.97 Å². The second-order valence-electron chi connectivity index (χ2n) is 3.56. The Kier molecular flexibility index (Phi) is 4.76. The molecule has 0 aliphatic heterocycles. The largest absolute Gasteiger partial charge is 0.512 e. The number of hydrogen-bond donors (Lipinski definition) is 1. The van der Waals surface area contributed by atoms with Gasteiger partial charge in [0.2, 0.25) is 0 Å². The van der Waals surface area contributed by atoms with Crippen LogP contribution in [0.5, 0.6) is 0 Å². The molecule has 0 fully saturated rings. The molecule has 0 radical (unpaired) electrons. The first-order valence-electron chi connectivity index (χ1n) is 5.42. The Hall–Kier alpha value is -1.58. The molecule has 0 aromatic rings. The van der Waals surface area contributed by atoms with Gasteiger partial charge in [-0.25, -0.2) is 4.79 Å². The van der Waals surface area contributed by atoms with E-state index in [1.165, 1.54) is 6.08 Å². The zero-order valence-electron chi connectivity index (χ0n) is 9.36. The highest BCUT2D eigenvalue weighted by atomic mass is 16.5. The maximum absolute atomic E-state index is 11.4. The van der Waals surface area contributed by atoms with Gasteiger partial charge in [-0.1, -0.05) is 6.08 Å². The van der Waals surface area contributed by atoms with Gasteiger partial charge in [0.1, 0.15) is 0 Å². The molecule has 0 aromatic carbocycles. The minimum atomic E-state index is -0.425. The first-order valence-corrected chi connectivity index (χ1v) is 5.42. The van der Waals surface area contributed by atoms with Crippen LogP contribution in [0.1, 0.15) is 32.6 Å². The highest BCUT2D eigenvalue weighted by Crippen LogP contribution is 2.22. The number of aliphatic hydroxyl groups excluding tert-OH is 1. The molecule has 0 unspecified atom stereocenters. The van der Waals surface area contributed by atoms with Gasteiger partial charge in [-0.05, 0) is 19.8 Å². The van der Waals surface area contributed by atoms with E-state index >= 15 is 0 Å². The number of ketones is 1. The predicted molar refractivity (Wildman–Crippen MR) is 58.9 cm³/mol. The molecule has 88 valence electrons. The van der Waals surface area contributed by atoms with E-state index in [-0.39, 0.29) is 11.5 Å². The van der Waals surface area contributed by atoms with E-state index in [9.17, 15) is 14.7 Å². The van der Waals surface area contributed by atoms with Crippen LogP contribution in [0.2, 0.25) is 0 Å². The van der Waals surface area contributed by atoms with Crippen molar-refractivity contribution in [3.8, 4) is 0 Å². The molecular weight excluding hydrogens is 208 g/mol. The summed E-state index contributed by atoms with van der Waals surface area (Å²) in [5.74, 6) is -0.298. The molecule has 0 spiro atoms. The quantitative estimate of drug-likeness (QED) is 0.586. The van der Waals surface area contributed by atoms with Crippen molar-refractivity contribution in [1.29, 1.82) is 0 Å². The van der Waals surface area contributed by atoms with Gasteiger partial charge in [0, 0.05) is 24.5 Å². The molecule has 1 N–H and O–H groups in total. The van der Waals surface area contributed by atoms with Gasteiger partial charge in [-0.2, -0.15) is 0 Å². The molecule has 4 heteroatoms. The summed E-state index contributed by atoms with van der Waals surface area (Å²) in [6, 6.07) is 0. The smallest absolute Gasteiger partial charge is 0.330 e. The van der Waals surface area contributed by atoms with Gasteiger partial charge in [0.05, 0.1) is 12.4 Å². The minimum Gasteiger partial charge on any atom is -0.512 e. The second-order valence-corrected chi connectivity index (χ2v) is 3.56. The number of carbonyl (C=O) groups is 2. The SMILES string of the molecule is CCOC(=O)/C=C\CC1=C(O)CCCC1=O. The third-order valence-electron chi connectivity index (χ3n) is 2.36. The van der Waals surface area contributed by atoms with Crippen LogP contribution >= 0.6 is 0 Å². The fourth-order valence-electron chi connectivity index (χ4n) is 1.57. The number of hydrogen-bond acceptors (Lipinski definition) is 4. The summed E-state index contributed by atoms with van der Waals surface area (Å²) in [5, 5.41) is 9.52. The first kappa shape index (κ1) is 12.5. The van der Waals surface area contributed by atoms with Crippen LogP contribution in [0.3, 0.4) is 0 Å². The highest BCUT2D eigenvalue weighted by Gasteiger charge is 2.18. The lowest BCUT2D eigenvalue weighted by atomic mass is 9.94. The maximum atomic E-state index is 11.4. The second kappa shape index (κ2) is 6.10. The van der Waals surface area contributed by atoms with E-state index in [2.05, 4.69) is 0 Å². The summed E-state index contributed by atoms with van der Waals surface area (Å²) in [4.78, 5) is 22.4. The van der Waals surface area contributed by atoms with Gasteiger partial charge in [-0.3, -0.25) is 4.79 Å². The average molecular weight is 224 g/mol. The van der Waals surface area contributed by atoms with Gasteiger partial charge in [0.25, 0.3) is 0 Å². The lowest BCUT2D eigenvalue weighted by Crippen LogP contribution is -2.11. The number of aliphatic hydroxyl groups is 1. The molecule has 0 amide bonds. The summed E-state index contributed by atoms with van der Waals surface area (Å²) in [5.41, 5.74) is 0.423. The fraction of sp³-hybridized carbons (Fsp3) is 0.500. The maximum Gasteiger partial charge on any atom is 0.330 e. The van der Waals surface area contributed by atoms with E-state index in [0.29, 0.717) is 37.9 Å². The van der Waals surface area contributed by atoms with Crippen molar-refractivity contribution in [2.75, 3.05) is 6.61 Å². The molecular formula is C12H16O4. The average Bonchev–Trinajstić information content (AvgIpc) is 2.23. The van der Waals surface area contributed by atoms with Gasteiger partial charge in [-0.15, -0.1) is 0 Å². The highest BCUT2D eigenvalue weighted by molar-refractivity contribution is 5.96. The number of allylic oxidation sites excluding steroid dienone is 3. The molecule has 0 saturated heterocycles. The van der Waals surface area contributed by atoms with Crippen LogP contribution in [0.4, 0.5) is 0 Å². The lowest BCUT2D eigenvalue weighted by Gasteiger charge is -2.13. The van der Waals surface area contributed by atoms with E-state index in [1.807, 2.05) is 0 Å². The number of Topliss-reactive ketones (excluding diaryl/α,β-unsaturated/α-hetero) is 1. The molecule has 0 saturated carbocycles. The van der Waals surface area contributed by atoms with E-state index in [1.54, 1.807) is 13.0 Å². The predicted octanol–water partition coefficient (Wildman–Crippen LogP) is 2.06. The molecule has 16 heavy (non-hydrogen) atoms. The molecule has 1 rings (SSSR count). The van der Waals surface area contributed by atoms with Crippen LogP contribution in [0.25, 0.3) is 0 Å². The third-order valence-corrected chi connectivity index (χ3v) is 2.36. The van der Waals surface area contributed by atoms with Crippen molar-refractivity contribution < 1.29 is 19.4 Å². The Morgan fingerprint density at radius 1 is 1.50 bits per heavy atom. The Bertz CT molecular complexity index is 339. The standard InChI is InChI=1S/C12H16O4/c1-2-16-12(15)8-3-5-9-10(13)6-4-7-11(9)14/h3,8,13H,2,4-7H2,1H3/b8-3-. The van der Waals surface area contributed by atoms with E-state index in [4.69, 9.17) is 4.74 Å². The number of carbonyl (C=O) groups excluding carboxylic acids is 2. The van der Waals surface area contributed by atoms with E-state index in [0.717, 1.165) is 0 Å². The molecule has 0 atom stereocenters. The van der Waals surface area contributed by atoms with Crippen molar-refractivity contribution in [3.05, 3.63) is 23.5 Å². The normalized spacial score (nSPS) is 16.9. The van der Waals surface area contributed by atoms with Crippen molar-refractivity contribution in [2.24, 2.45) is 0 Å². The van der Waals surface area contributed by atoms with Gasteiger partial charge < -0.3 is 9.84 Å². The number of rotatable bonds is 4. The van der Waals surface area contributed by atoms with Crippen molar-refractivity contribution in [1.82, 2.24) is 0 Å². The van der Waals surface area contributed by atoms with Gasteiger partial charge >= 0.3 is 5.97 Å². The van der Waals surface area contributed by atoms with Crippen LogP contribution in [0.15, 0.2) is 23.5 Å². The molecule has 0 aromatic heterocycles. The first-order chi connectivity index (χ1) is 7.65. The van der Waals surface area contributed by atoms with Gasteiger partial charge in [0.15, 0.2) is 5.78 Å². The fourth-order valence-corrected chi connectivity index (χ4v) is 1.57. The lowest BCUT2D eigenvalue weighted by molar-refractivity contribution is -0.137. The van der Waals surface area contributed by atoms with Crippen LogP contribution in [0, 0.1) is 0 Å². The molecule has 4 nitrogen and oxygen atoms in total. The molecule has 0 heterocycles. The summed E-state index contributed by atoms with van der Waals surface area (Å²) in [6.45, 7) is 2.06. The summed E-state index contributed by atoms with van der Waals surface area (Å²) in [7, 11) is 0. The van der Waals surface area contributed by atoms with Crippen molar-refractivity contribution in [3.63, 3.8) is 0 Å². The molecule has 0 bridgehead atoms. The summed E-state index contributed by atoms with van der Waals surface area (Å²) in [6.07, 6.45) is 4.86. The zero-order chi connectivity index (χ0) is 12.0. The topological polar surface area (TPSA) is 63.6 Å². The Morgan fingerprint density at radius 3 is 2.88 bits per heavy atom. The Morgan fingerprint density at radius 2 is 2.25 bits per heavy atom. The summed E-state index contributed by atoms with van der Waals surface area (Å²) >= 11 is 0. The van der Waals surface area contributed by atoms with Crippen molar-refractivity contribution in [2.45, 2.75) is 32.6 Å². The number of esters is 1. The Balaban J connectivity index is 2.54. The Labute approximate surface area is 94.6 Å². The number of ether oxygens (including phenoxy) is 1. The molecule has 1 aliphatic carbocycles.